The normalized spacial score (nSPS) is 51.4. The fourth-order valence-electron chi connectivity index (χ4n) is 9.29. The number of hydrogen-bond donors (Lipinski definition) is 2. The van der Waals surface area contributed by atoms with Gasteiger partial charge in [0.25, 0.3) is 6.02 Å². The topological polar surface area (TPSA) is 79.4 Å². The Hall–Kier alpha value is -1.26. The molecule has 0 aromatic rings. The summed E-state index contributed by atoms with van der Waals surface area (Å²) in [5.41, 5.74) is 5.46. The quantitative estimate of drug-likeness (QED) is 0.562. The molecule has 27 heavy (non-hydrogen) atoms. The van der Waals surface area contributed by atoms with Gasteiger partial charge in [0.1, 0.15) is 5.60 Å². The van der Waals surface area contributed by atoms with Gasteiger partial charge in [-0.05, 0) is 113 Å². The lowest BCUT2D eigenvalue weighted by atomic mass is 9.52. The van der Waals surface area contributed by atoms with E-state index in [1.807, 2.05) is 0 Å². The first-order valence-corrected chi connectivity index (χ1v) is 11.3. The summed E-state index contributed by atoms with van der Waals surface area (Å²) in [5, 5.41) is 8.85. The van der Waals surface area contributed by atoms with Crippen LogP contribution in [0.2, 0.25) is 0 Å². The van der Waals surface area contributed by atoms with Crippen LogP contribution < -0.4 is 5.73 Å². The molecule has 8 aliphatic carbocycles. The maximum absolute atomic E-state index is 12.6. The number of nitrogens with one attached hydrogen (secondary N) is 1. The lowest BCUT2D eigenvalue weighted by molar-refractivity contribution is -0.128. The molecule has 0 atom stereocenters. The number of amidine groups is 1. The van der Waals surface area contributed by atoms with Crippen LogP contribution in [0.3, 0.4) is 0 Å². The predicted octanol–water partition coefficient (Wildman–Crippen LogP) is 4.26. The van der Waals surface area contributed by atoms with E-state index in [2.05, 4.69) is 0 Å². The second-order valence-corrected chi connectivity index (χ2v) is 11.3. The number of rotatable bonds is 2. The molecular weight excluding hydrogens is 338 g/mol. The van der Waals surface area contributed by atoms with Crippen molar-refractivity contribution in [3.8, 4) is 0 Å². The first-order valence-electron chi connectivity index (χ1n) is 11.3. The molecule has 0 aliphatic heterocycles. The van der Waals surface area contributed by atoms with Crippen molar-refractivity contribution in [2.75, 3.05) is 0 Å². The van der Waals surface area contributed by atoms with E-state index in [0.29, 0.717) is 17.8 Å². The van der Waals surface area contributed by atoms with Crippen LogP contribution in [0, 0.1) is 40.9 Å². The Kier molecular flexibility index (Phi) is 3.34. The van der Waals surface area contributed by atoms with Crippen molar-refractivity contribution in [3.05, 3.63) is 0 Å². The highest BCUT2D eigenvalue weighted by molar-refractivity contribution is 5.92. The average Bonchev–Trinajstić information content (AvgIpc) is 2.50. The molecule has 0 aromatic carbocycles. The van der Waals surface area contributed by atoms with Crippen LogP contribution in [0.5, 0.6) is 0 Å². The Morgan fingerprint density at radius 2 is 1.15 bits per heavy atom. The summed E-state index contributed by atoms with van der Waals surface area (Å²) in [7, 11) is 0. The number of hydrogen-bond acceptors (Lipinski definition) is 3. The van der Waals surface area contributed by atoms with E-state index in [1.165, 1.54) is 38.5 Å². The minimum atomic E-state index is -0.466. The molecule has 5 heteroatoms. The molecule has 0 aromatic heterocycles. The van der Waals surface area contributed by atoms with E-state index in [0.717, 1.165) is 56.3 Å². The number of amides is 2. The minimum absolute atomic E-state index is 0.0754. The van der Waals surface area contributed by atoms with Gasteiger partial charge >= 0.3 is 6.03 Å². The number of nitrogens with zero attached hydrogens (tertiary/aromatic N) is 1. The van der Waals surface area contributed by atoms with Crippen molar-refractivity contribution in [2.45, 2.75) is 88.2 Å². The summed E-state index contributed by atoms with van der Waals surface area (Å²) in [4.78, 5) is 14.2. The SMILES string of the molecule is N=C(OC12CC3CC(CC(C3)C1)C2)N(C(N)=O)C12CC3CC(CC(C3)C1)C2. The second-order valence-electron chi connectivity index (χ2n) is 11.3. The first-order chi connectivity index (χ1) is 12.9. The molecule has 0 saturated heterocycles. The van der Waals surface area contributed by atoms with E-state index in [4.69, 9.17) is 15.9 Å². The van der Waals surface area contributed by atoms with Gasteiger partial charge in [0.2, 0.25) is 0 Å². The van der Waals surface area contributed by atoms with Gasteiger partial charge in [-0.2, -0.15) is 0 Å². The number of nitrogens with two attached hydrogens (primary N) is 1. The monoisotopic (exact) mass is 371 g/mol. The molecule has 8 rings (SSSR count). The maximum atomic E-state index is 12.6. The Balaban J connectivity index is 1.27. The highest BCUT2D eigenvalue weighted by Crippen LogP contribution is 2.59. The van der Waals surface area contributed by atoms with E-state index in [1.54, 1.807) is 4.90 Å². The zero-order chi connectivity index (χ0) is 18.4. The number of ether oxygens (including phenoxy) is 1. The van der Waals surface area contributed by atoms with Crippen molar-refractivity contribution < 1.29 is 9.53 Å². The van der Waals surface area contributed by atoms with Crippen LogP contribution in [-0.4, -0.2) is 28.1 Å². The van der Waals surface area contributed by atoms with Gasteiger partial charge in [-0.3, -0.25) is 5.41 Å². The smallest absolute Gasteiger partial charge is 0.323 e. The summed E-state index contributed by atoms with van der Waals surface area (Å²) >= 11 is 0. The Morgan fingerprint density at radius 3 is 1.52 bits per heavy atom. The van der Waals surface area contributed by atoms with E-state index in [9.17, 15) is 4.79 Å². The van der Waals surface area contributed by atoms with Gasteiger partial charge in [0.15, 0.2) is 0 Å². The molecule has 0 heterocycles. The van der Waals surface area contributed by atoms with Gasteiger partial charge in [0.05, 0.1) is 5.54 Å². The maximum Gasteiger partial charge on any atom is 0.323 e. The van der Waals surface area contributed by atoms with Gasteiger partial charge in [0, 0.05) is 0 Å². The third-order valence-corrected chi connectivity index (χ3v) is 9.20. The average molecular weight is 372 g/mol. The van der Waals surface area contributed by atoms with Crippen LogP contribution >= 0.6 is 0 Å². The zero-order valence-corrected chi connectivity index (χ0v) is 16.3. The van der Waals surface area contributed by atoms with Crippen LogP contribution in [0.1, 0.15) is 77.0 Å². The molecule has 148 valence electrons. The molecule has 3 N–H and O–H groups in total. The van der Waals surface area contributed by atoms with Crippen molar-refractivity contribution >= 4 is 12.1 Å². The largest absolute Gasteiger partial charge is 0.458 e. The highest BCUT2D eigenvalue weighted by Gasteiger charge is 2.58. The molecule has 8 saturated carbocycles. The first kappa shape index (κ1) is 16.7. The number of urea groups is 1. The molecule has 0 radical (unpaired) electrons. The van der Waals surface area contributed by atoms with E-state index in [-0.39, 0.29) is 17.2 Å². The van der Waals surface area contributed by atoms with E-state index >= 15 is 0 Å². The number of primary amides is 1. The fraction of sp³-hybridized carbons (Fsp3) is 0.909. The van der Waals surface area contributed by atoms with Crippen LogP contribution in [0.25, 0.3) is 0 Å². The third-order valence-electron chi connectivity index (χ3n) is 9.20. The van der Waals surface area contributed by atoms with Gasteiger partial charge in [-0.1, -0.05) is 0 Å². The van der Waals surface area contributed by atoms with Crippen molar-refractivity contribution in [1.29, 1.82) is 5.41 Å². The highest BCUT2D eigenvalue weighted by atomic mass is 16.5. The molecule has 0 unspecified atom stereocenters. The molecule has 0 spiro atoms. The Morgan fingerprint density at radius 1 is 0.778 bits per heavy atom. The molecule has 8 bridgehead atoms. The van der Waals surface area contributed by atoms with Gasteiger partial charge in [-0.25, -0.2) is 9.69 Å². The molecule has 5 nitrogen and oxygen atoms in total. The number of carbonyl (C=O) groups is 1. The lowest BCUT2D eigenvalue weighted by Gasteiger charge is -2.60. The van der Waals surface area contributed by atoms with Crippen LogP contribution in [0.4, 0.5) is 4.79 Å². The molecule has 2 amide bonds. The second kappa shape index (κ2) is 5.42. The van der Waals surface area contributed by atoms with Crippen LogP contribution in [-0.2, 0) is 4.74 Å². The minimum Gasteiger partial charge on any atom is -0.458 e. The number of carbonyl (C=O) groups excluding carboxylic acids is 1. The van der Waals surface area contributed by atoms with Gasteiger partial charge in [-0.15, -0.1) is 0 Å². The molecular formula is C22H33N3O2. The molecule has 8 fully saturated rings. The fourth-order valence-corrected chi connectivity index (χ4v) is 9.29. The van der Waals surface area contributed by atoms with Crippen molar-refractivity contribution in [1.82, 2.24) is 4.90 Å². The van der Waals surface area contributed by atoms with Crippen molar-refractivity contribution in [3.63, 3.8) is 0 Å². The summed E-state index contributed by atoms with van der Waals surface area (Å²) in [6, 6.07) is -0.391. The Labute approximate surface area is 161 Å². The van der Waals surface area contributed by atoms with Crippen molar-refractivity contribution in [2.24, 2.45) is 41.2 Å². The standard InChI is InChI=1S/C22H33N3O2/c23-19(26)25(21-7-13-1-14(8-21)3-15(2-13)9-21)20(24)27-22-10-16-4-17(11-22)6-18(5-16)12-22/h13-18,24H,1-12H2,(H2,23,26). The third kappa shape index (κ3) is 2.49. The lowest BCUT2D eigenvalue weighted by Crippen LogP contribution is -2.65. The Bertz CT molecular complexity index is 616. The summed E-state index contributed by atoms with van der Waals surface area (Å²) in [6.45, 7) is 0. The van der Waals surface area contributed by atoms with Crippen LogP contribution in [0.15, 0.2) is 0 Å². The predicted molar refractivity (Wildman–Crippen MR) is 102 cm³/mol. The van der Waals surface area contributed by atoms with Gasteiger partial charge < -0.3 is 10.5 Å². The summed E-state index contributed by atoms with van der Waals surface area (Å²) < 4.78 is 6.47. The van der Waals surface area contributed by atoms with E-state index < -0.39 is 6.03 Å². The molecule has 8 aliphatic rings. The zero-order valence-electron chi connectivity index (χ0n) is 16.3. The summed E-state index contributed by atoms with van der Waals surface area (Å²) in [5.74, 6) is 4.45. The summed E-state index contributed by atoms with van der Waals surface area (Å²) in [6.07, 6.45) is 14.3.